The number of hydrogen-bond donors (Lipinski definition) is 0. The molecule has 6 nitrogen and oxygen atoms in total. The first kappa shape index (κ1) is 21.1. The Kier molecular flexibility index (Phi) is 6.04. The van der Waals surface area contributed by atoms with Gasteiger partial charge in [-0.15, -0.1) is 11.3 Å². The molecule has 3 heterocycles. The normalized spacial score (nSPS) is 13.6. The first-order valence-corrected chi connectivity index (χ1v) is 11.1. The third-order valence-corrected chi connectivity index (χ3v) is 6.45. The summed E-state index contributed by atoms with van der Waals surface area (Å²) in [4.78, 5) is 39.9. The predicted molar refractivity (Wildman–Crippen MR) is 120 cm³/mol. The number of anilines is 1. The summed E-state index contributed by atoms with van der Waals surface area (Å²) in [5.74, 6) is -0.684. The van der Waals surface area contributed by atoms with Crippen LogP contribution in [0.3, 0.4) is 0 Å². The van der Waals surface area contributed by atoms with E-state index in [1.165, 1.54) is 4.88 Å². The Morgan fingerprint density at radius 3 is 2.55 bits per heavy atom. The number of aromatic nitrogens is 1. The number of carbonyl (C=O) groups excluding carboxylic acids is 3. The Hall–Kier alpha value is -3.19. The zero-order chi connectivity index (χ0) is 22.0. The maximum Gasteiger partial charge on any atom is 0.338 e. The van der Waals surface area contributed by atoms with E-state index in [4.69, 9.17) is 4.74 Å². The number of carbonyl (C=O) groups is 3. The van der Waals surface area contributed by atoms with E-state index in [2.05, 4.69) is 10.6 Å². The lowest BCUT2D eigenvalue weighted by molar-refractivity contribution is -0.117. The molecule has 4 rings (SSSR count). The average molecular weight is 437 g/mol. The van der Waals surface area contributed by atoms with Crippen molar-refractivity contribution in [3.8, 4) is 0 Å². The smallest absolute Gasteiger partial charge is 0.338 e. The summed E-state index contributed by atoms with van der Waals surface area (Å²) in [6.45, 7) is 4.98. The highest BCUT2D eigenvalue weighted by Crippen LogP contribution is 2.22. The van der Waals surface area contributed by atoms with Gasteiger partial charge in [-0.1, -0.05) is 6.07 Å². The number of aryl methyl sites for hydroxylation is 1. The Bertz CT molecular complexity index is 1110. The number of Topliss-reactive ketones (excluding diaryl/α,β-unsaturated/α-hetero) is 1. The van der Waals surface area contributed by atoms with Gasteiger partial charge >= 0.3 is 5.97 Å². The van der Waals surface area contributed by atoms with Gasteiger partial charge < -0.3 is 14.2 Å². The summed E-state index contributed by atoms with van der Waals surface area (Å²) in [7, 11) is 0. The molecule has 1 saturated heterocycles. The predicted octanol–water partition coefficient (Wildman–Crippen LogP) is 4.38. The fourth-order valence-corrected chi connectivity index (χ4v) is 4.57. The van der Waals surface area contributed by atoms with Gasteiger partial charge in [0.15, 0.2) is 6.61 Å². The highest BCUT2D eigenvalue weighted by molar-refractivity contribution is 7.09. The Morgan fingerprint density at radius 1 is 1.13 bits per heavy atom. The van der Waals surface area contributed by atoms with Gasteiger partial charge in [0, 0.05) is 40.5 Å². The molecule has 0 atom stereocenters. The number of thiophene rings is 1. The van der Waals surface area contributed by atoms with Crippen molar-refractivity contribution in [2.75, 3.05) is 18.1 Å². The molecule has 0 radical (unpaired) electrons. The largest absolute Gasteiger partial charge is 0.454 e. The molecule has 1 aliphatic rings. The summed E-state index contributed by atoms with van der Waals surface area (Å²) < 4.78 is 7.36. The molecule has 7 heteroatoms. The van der Waals surface area contributed by atoms with E-state index in [1.807, 2.05) is 31.4 Å². The van der Waals surface area contributed by atoms with E-state index in [0.717, 1.165) is 23.5 Å². The topological polar surface area (TPSA) is 68.6 Å². The first-order valence-electron chi connectivity index (χ1n) is 10.2. The van der Waals surface area contributed by atoms with Crippen LogP contribution in [0.1, 0.15) is 49.8 Å². The maximum atomic E-state index is 12.7. The minimum absolute atomic E-state index is 0.0950. The molecule has 2 aromatic heterocycles. The van der Waals surface area contributed by atoms with E-state index in [-0.39, 0.29) is 18.3 Å². The van der Waals surface area contributed by atoms with Gasteiger partial charge in [0.2, 0.25) is 11.7 Å². The monoisotopic (exact) mass is 436 g/mol. The van der Waals surface area contributed by atoms with Gasteiger partial charge in [-0.05, 0) is 62.0 Å². The van der Waals surface area contributed by atoms with Crippen LogP contribution in [0, 0.1) is 13.8 Å². The summed E-state index contributed by atoms with van der Waals surface area (Å²) >= 11 is 1.68. The lowest BCUT2D eigenvalue weighted by Crippen LogP contribution is -2.23. The van der Waals surface area contributed by atoms with Crippen LogP contribution in [-0.2, 0) is 16.1 Å². The van der Waals surface area contributed by atoms with Crippen LogP contribution in [-0.4, -0.2) is 35.4 Å². The molecular weight excluding hydrogens is 412 g/mol. The lowest BCUT2D eigenvalue weighted by Gasteiger charge is -2.15. The Balaban J connectivity index is 1.38. The third kappa shape index (κ3) is 4.46. The van der Waals surface area contributed by atoms with Crippen molar-refractivity contribution in [3.05, 3.63) is 75.2 Å². The minimum atomic E-state index is -0.556. The SMILES string of the molecule is Cc1cc(C(=O)COC(=O)c2ccc(N3CCCC3=O)cc2)c(C)n1Cc1cccs1. The summed E-state index contributed by atoms with van der Waals surface area (Å²) in [5, 5.41) is 2.03. The molecule has 3 aromatic rings. The Labute approximate surface area is 185 Å². The molecule has 0 bridgehead atoms. The van der Waals surface area contributed by atoms with Crippen molar-refractivity contribution in [1.29, 1.82) is 0 Å². The van der Waals surface area contributed by atoms with E-state index in [1.54, 1.807) is 40.5 Å². The first-order chi connectivity index (χ1) is 14.9. The van der Waals surface area contributed by atoms with Crippen molar-refractivity contribution < 1.29 is 19.1 Å². The highest BCUT2D eigenvalue weighted by atomic mass is 32.1. The van der Waals surface area contributed by atoms with Crippen molar-refractivity contribution >= 4 is 34.7 Å². The van der Waals surface area contributed by atoms with E-state index < -0.39 is 5.97 Å². The number of ketones is 1. The number of rotatable bonds is 7. The van der Waals surface area contributed by atoms with E-state index in [9.17, 15) is 14.4 Å². The number of nitrogens with zero attached hydrogens (tertiary/aromatic N) is 2. The number of amides is 1. The number of ether oxygens (including phenoxy) is 1. The summed E-state index contributed by atoms with van der Waals surface area (Å²) in [6.07, 6.45) is 1.40. The second-order valence-electron chi connectivity index (χ2n) is 7.65. The van der Waals surface area contributed by atoms with Crippen molar-refractivity contribution in [3.63, 3.8) is 0 Å². The molecule has 1 aliphatic heterocycles. The standard InChI is InChI=1S/C24H24N2O4S/c1-16-13-21(17(2)26(16)14-20-5-4-12-31-20)22(27)15-30-24(29)18-7-9-19(10-8-18)25-11-3-6-23(25)28/h4-5,7-10,12-13H,3,6,11,14-15H2,1-2H3. The molecule has 0 spiro atoms. The van der Waals surface area contributed by atoms with Crippen LogP contribution < -0.4 is 4.90 Å². The highest BCUT2D eigenvalue weighted by Gasteiger charge is 2.22. The maximum absolute atomic E-state index is 12.7. The number of hydrogen-bond acceptors (Lipinski definition) is 5. The average Bonchev–Trinajstić information content (AvgIpc) is 3.50. The zero-order valence-corrected chi connectivity index (χ0v) is 18.4. The van der Waals surface area contributed by atoms with Crippen LogP contribution in [0.4, 0.5) is 5.69 Å². The summed E-state index contributed by atoms with van der Waals surface area (Å²) in [6, 6.07) is 12.6. The molecule has 0 unspecified atom stereocenters. The molecule has 160 valence electrons. The molecular formula is C24H24N2O4S. The molecule has 1 amide bonds. The summed E-state index contributed by atoms with van der Waals surface area (Å²) in [5.41, 5.74) is 3.56. The van der Waals surface area contributed by atoms with Crippen LogP contribution in [0.2, 0.25) is 0 Å². The van der Waals surface area contributed by atoms with Crippen LogP contribution in [0.15, 0.2) is 47.8 Å². The second-order valence-corrected chi connectivity index (χ2v) is 8.68. The third-order valence-electron chi connectivity index (χ3n) is 5.59. The number of benzene rings is 1. The quantitative estimate of drug-likeness (QED) is 0.407. The fraction of sp³-hybridized carbons (Fsp3) is 0.292. The van der Waals surface area contributed by atoms with Gasteiger partial charge in [-0.2, -0.15) is 0 Å². The van der Waals surface area contributed by atoms with Crippen LogP contribution >= 0.6 is 11.3 Å². The minimum Gasteiger partial charge on any atom is -0.454 e. The fourth-order valence-electron chi connectivity index (χ4n) is 3.88. The Morgan fingerprint density at radius 2 is 1.90 bits per heavy atom. The number of esters is 1. The van der Waals surface area contributed by atoms with Crippen molar-refractivity contribution in [2.24, 2.45) is 0 Å². The molecule has 0 aliphatic carbocycles. The van der Waals surface area contributed by atoms with Crippen molar-refractivity contribution in [1.82, 2.24) is 4.57 Å². The van der Waals surface area contributed by atoms with Gasteiger partial charge in [-0.25, -0.2) is 4.79 Å². The van der Waals surface area contributed by atoms with Gasteiger partial charge in [0.05, 0.1) is 12.1 Å². The molecule has 0 saturated carbocycles. The van der Waals surface area contributed by atoms with Gasteiger partial charge in [0.25, 0.3) is 0 Å². The van der Waals surface area contributed by atoms with E-state index >= 15 is 0 Å². The molecule has 1 aromatic carbocycles. The molecule has 31 heavy (non-hydrogen) atoms. The van der Waals surface area contributed by atoms with Gasteiger partial charge in [-0.3, -0.25) is 9.59 Å². The molecule has 0 N–H and O–H groups in total. The van der Waals surface area contributed by atoms with Crippen LogP contribution in [0.5, 0.6) is 0 Å². The van der Waals surface area contributed by atoms with E-state index in [0.29, 0.717) is 30.6 Å². The second kappa shape index (κ2) is 8.89. The van der Waals surface area contributed by atoms with Crippen LogP contribution in [0.25, 0.3) is 0 Å². The zero-order valence-electron chi connectivity index (χ0n) is 17.6. The van der Waals surface area contributed by atoms with Crippen molar-refractivity contribution in [2.45, 2.75) is 33.2 Å². The molecule has 1 fully saturated rings. The lowest BCUT2D eigenvalue weighted by atomic mass is 10.1. The van der Waals surface area contributed by atoms with Gasteiger partial charge in [0.1, 0.15) is 0 Å².